The van der Waals surface area contributed by atoms with Crippen LogP contribution in [0.15, 0.2) is 53.1 Å². The van der Waals surface area contributed by atoms with Crippen LogP contribution in [0.3, 0.4) is 0 Å². The zero-order valence-electron chi connectivity index (χ0n) is 14.9. The molecule has 0 unspecified atom stereocenters. The van der Waals surface area contributed by atoms with Crippen molar-refractivity contribution in [2.75, 3.05) is 26.7 Å². The Bertz CT molecular complexity index is 657. The van der Waals surface area contributed by atoms with E-state index < -0.39 is 0 Å². The number of furan rings is 1. The highest BCUT2D eigenvalue weighted by atomic mass is 16.5. The van der Waals surface area contributed by atoms with Crippen LogP contribution < -0.4 is 0 Å². The zero-order valence-corrected chi connectivity index (χ0v) is 14.9. The minimum Gasteiger partial charge on any atom is -0.467 e. The average molecular weight is 342 g/mol. The summed E-state index contributed by atoms with van der Waals surface area (Å²) >= 11 is 0. The largest absolute Gasteiger partial charge is 0.467 e. The van der Waals surface area contributed by atoms with Crippen molar-refractivity contribution < 1.29 is 13.9 Å². The molecule has 1 aliphatic heterocycles. The van der Waals surface area contributed by atoms with E-state index >= 15 is 0 Å². The first kappa shape index (κ1) is 17.7. The first-order valence-electron chi connectivity index (χ1n) is 8.80. The number of amides is 1. The fraction of sp³-hybridized carbons (Fsp3) is 0.450. The lowest BCUT2D eigenvalue weighted by molar-refractivity contribution is -0.137. The van der Waals surface area contributed by atoms with E-state index in [-0.39, 0.29) is 18.1 Å². The van der Waals surface area contributed by atoms with Gasteiger partial charge >= 0.3 is 0 Å². The number of hydrogen-bond acceptors (Lipinski definition) is 4. The summed E-state index contributed by atoms with van der Waals surface area (Å²) in [6, 6.07) is 14.1. The smallest absolute Gasteiger partial charge is 0.225 e. The number of morpholine rings is 1. The number of carbonyl (C=O) groups is 1. The van der Waals surface area contributed by atoms with Gasteiger partial charge in [0.25, 0.3) is 0 Å². The second-order valence-electron chi connectivity index (χ2n) is 6.61. The lowest BCUT2D eigenvalue weighted by atomic mass is 10.1. The molecule has 3 rings (SSSR count). The SMILES string of the molecule is C[C@H](c1ccco1)N(C)C(=O)C[C@@H]1CN(Cc2ccccc2)CCO1. The summed E-state index contributed by atoms with van der Waals surface area (Å²) < 4.78 is 11.2. The molecule has 0 aliphatic carbocycles. The predicted molar refractivity (Wildman–Crippen MR) is 96.0 cm³/mol. The molecule has 0 bridgehead atoms. The van der Waals surface area contributed by atoms with Crippen molar-refractivity contribution in [1.29, 1.82) is 0 Å². The van der Waals surface area contributed by atoms with Crippen LogP contribution in [0.2, 0.25) is 0 Å². The van der Waals surface area contributed by atoms with Gasteiger partial charge in [0.2, 0.25) is 5.91 Å². The molecule has 0 spiro atoms. The summed E-state index contributed by atoms with van der Waals surface area (Å²) in [5, 5.41) is 0. The van der Waals surface area contributed by atoms with Crippen molar-refractivity contribution in [3.63, 3.8) is 0 Å². The standard InChI is InChI=1S/C20H26N2O3/c1-16(19-9-6-11-25-19)21(2)20(23)13-18-15-22(10-12-24-18)14-17-7-4-3-5-8-17/h3-9,11,16,18H,10,12-15H2,1-2H3/t16-,18-/m1/s1. The Morgan fingerprint density at radius 1 is 1.28 bits per heavy atom. The van der Waals surface area contributed by atoms with Gasteiger partial charge in [-0.05, 0) is 24.6 Å². The van der Waals surface area contributed by atoms with Gasteiger partial charge in [0.1, 0.15) is 5.76 Å². The number of ether oxygens (including phenoxy) is 1. The van der Waals surface area contributed by atoms with Crippen molar-refractivity contribution in [3.05, 3.63) is 60.1 Å². The fourth-order valence-electron chi connectivity index (χ4n) is 3.16. The first-order valence-corrected chi connectivity index (χ1v) is 8.80. The number of nitrogens with zero attached hydrogens (tertiary/aromatic N) is 2. The van der Waals surface area contributed by atoms with Gasteiger partial charge in [0.15, 0.2) is 0 Å². The molecule has 5 heteroatoms. The number of carbonyl (C=O) groups excluding carboxylic acids is 1. The third-order valence-electron chi connectivity index (χ3n) is 4.80. The molecule has 134 valence electrons. The van der Waals surface area contributed by atoms with Crippen LogP contribution in [-0.4, -0.2) is 48.6 Å². The van der Waals surface area contributed by atoms with Crippen molar-refractivity contribution in [3.8, 4) is 0 Å². The summed E-state index contributed by atoms with van der Waals surface area (Å²) in [5.41, 5.74) is 1.29. The number of rotatable bonds is 6. The molecule has 2 heterocycles. The van der Waals surface area contributed by atoms with Gasteiger partial charge in [-0.15, -0.1) is 0 Å². The monoisotopic (exact) mass is 342 g/mol. The van der Waals surface area contributed by atoms with Crippen LogP contribution in [0, 0.1) is 0 Å². The summed E-state index contributed by atoms with van der Waals surface area (Å²) in [5.74, 6) is 0.876. The zero-order chi connectivity index (χ0) is 17.6. The third kappa shape index (κ3) is 4.71. The maximum Gasteiger partial charge on any atom is 0.225 e. The minimum absolute atomic E-state index is 0.0591. The molecule has 1 amide bonds. The first-order chi connectivity index (χ1) is 12.1. The highest BCUT2D eigenvalue weighted by Gasteiger charge is 2.26. The highest BCUT2D eigenvalue weighted by molar-refractivity contribution is 5.76. The van der Waals surface area contributed by atoms with Gasteiger partial charge in [-0.2, -0.15) is 0 Å². The maximum absolute atomic E-state index is 12.6. The molecule has 0 radical (unpaired) electrons. The molecule has 0 saturated carbocycles. The normalized spacial score (nSPS) is 19.5. The molecule has 1 saturated heterocycles. The van der Waals surface area contributed by atoms with E-state index in [0.717, 1.165) is 25.4 Å². The Hall–Kier alpha value is -2.11. The molecule has 1 fully saturated rings. The number of hydrogen-bond donors (Lipinski definition) is 0. The van der Waals surface area contributed by atoms with E-state index in [1.165, 1.54) is 5.56 Å². The van der Waals surface area contributed by atoms with Gasteiger partial charge in [0, 0.05) is 26.7 Å². The topological polar surface area (TPSA) is 45.9 Å². The van der Waals surface area contributed by atoms with Crippen molar-refractivity contribution in [1.82, 2.24) is 9.80 Å². The van der Waals surface area contributed by atoms with E-state index in [1.54, 1.807) is 11.2 Å². The highest BCUT2D eigenvalue weighted by Crippen LogP contribution is 2.21. The van der Waals surface area contributed by atoms with Crippen LogP contribution in [-0.2, 0) is 16.1 Å². The molecule has 0 N–H and O–H groups in total. The summed E-state index contributed by atoms with van der Waals surface area (Å²) in [4.78, 5) is 16.7. The average Bonchev–Trinajstić information content (AvgIpc) is 3.16. The van der Waals surface area contributed by atoms with E-state index in [2.05, 4.69) is 29.2 Å². The Kier molecular flexibility index (Phi) is 5.89. The molecule has 1 aromatic heterocycles. The van der Waals surface area contributed by atoms with Gasteiger partial charge in [-0.1, -0.05) is 30.3 Å². The van der Waals surface area contributed by atoms with E-state index in [1.807, 2.05) is 32.2 Å². The van der Waals surface area contributed by atoms with E-state index in [9.17, 15) is 4.79 Å². The fourth-order valence-corrected chi connectivity index (χ4v) is 3.16. The summed E-state index contributed by atoms with van der Waals surface area (Å²) in [7, 11) is 1.82. The molecule has 2 atom stereocenters. The van der Waals surface area contributed by atoms with Crippen molar-refractivity contribution in [2.45, 2.75) is 32.0 Å². The maximum atomic E-state index is 12.6. The molecule has 1 aromatic carbocycles. The molecule has 5 nitrogen and oxygen atoms in total. The minimum atomic E-state index is -0.0773. The van der Waals surface area contributed by atoms with Crippen LogP contribution in [0.4, 0.5) is 0 Å². The lowest BCUT2D eigenvalue weighted by Crippen LogP contribution is -2.44. The van der Waals surface area contributed by atoms with Gasteiger partial charge in [-0.3, -0.25) is 9.69 Å². The van der Waals surface area contributed by atoms with Crippen molar-refractivity contribution >= 4 is 5.91 Å². The van der Waals surface area contributed by atoms with Crippen LogP contribution in [0.5, 0.6) is 0 Å². The van der Waals surface area contributed by atoms with E-state index in [4.69, 9.17) is 9.15 Å². The molecule has 25 heavy (non-hydrogen) atoms. The van der Waals surface area contributed by atoms with E-state index in [0.29, 0.717) is 13.0 Å². The molecule has 2 aromatic rings. The Labute approximate surface area is 149 Å². The van der Waals surface area contributed by atoms with Gasteiger partial charge in [0.05, 0.1) is 31.4 Å². The second-order valence-corrected chi connectivity index (χ2v) is 6.61. The molecular formula is C20H26N2O3. The van der Waals surface area contributed by atoms with Gasteiger partial charge in [-0.25, -0.2) is 0 Å². The summed E-state index contributed by atoms with van der Waals surface area (Å²) in [6.07, 6.45) is 1.97. The van der Waals surface area contributed by atoms with Gasteiger partial charge < -0.3 is 14.1 Å². The van der Waals surface area contributed by atoms with Crippen molar-refractivity contribution in [2.24, 2.45) is 0 Å². The number of benzene rings is 1. The van der Waals surface area contributed by atoms with Crippen LogP contribution >= 0.6 is 0 Å². The Morgan fingerprint density at radius 3 is 2.80 bits per heavy atom. The predicted octanol–water partition coefficient (Wildman–Crippen LogP) is 3.09. The van der Waals surface area contributed by atoms with Crippen LogP contribution in [0.1, 0.15) is 30.7 Å². The summed E-state index contributed by atoms with van der Waals surface area (Å²) in [6.45, 7) is 5.22. The Balaban J connectivity index is 1.52. The molecular weight excluding hydrogens is 316 g/mol. The quantitative estimate of drug-likeness (QED) is 0.809. The Morgan fingerprint density at radius 2 is 2.08 bits per heavy atom. The third-order valence-corrected chi connectivity index (χ3v) is 4.80. The second kappa shape index (κ2) is 8.32. The van der Waals surface area contributed by atoms with Crippen LogP contribution in [0.25, 0.3) is 0 Å². The molecule has 1 aliphatic rings. The lowest BCUT2D eigenvalue weighted by Gasteiger charge is -2.34.